The van der Waals surface area contributed by atoms with Gasteiger partial charge in [-0.1, -0.05) is 43.0 Å². The van der Waals surface area contributed by atoms with Gasteiger partial charge in [-0.3, -0.25) is 14.5 Å². The van der Waals surface area contributed by atoms with Crippen molar-refractivity contribution in [3.63, 3.8) is 0 Å². The zero-order chi connectivity index (χ0) is 24.2. The minimum atomic E-state index is -4.63. The third kappa shape index (κ3) is 6.21. The molecule has 1 aliphatic carbocycles. The fourth-order valence-corrected chi connectivity index (χ4v) is 5.10. The van der Waals surface area contributed by atoms with Gasteiger partial charge in [-0.25, -0.2) is 0 Å². The Labute approximate surface area is 209 Å². The zero-order valence-electron chi connectivity index (χ0n) is 17.5. The second-order valence-electron chi connectivity index (χ2n) is 7.78. The third-order valence-corrected chi connectivity index (χ3v) is 6.68. The van der Waals surface area contributed by atoms with E-state index in [1.165, 1.54) is 12.1 Å². The lowest BCUT2D eigenvalue weighted by Crippen LogP contribution is -2.47. The third-order valence-electron chi connectivity index (χ3n) is 5.51. The number of carbonyl (C=O) groups is 2. The van der Waals surface area contributed by atoms with E-state index in [9.17, 15) is 22.8 Å². The quantitative estimate of drug-likeness (QED) is 0.338. The summed E-state index contributed by atoms with van der Waals surface area (Å²) in [6.07, 6.45) is 5.35. The molecule has 1 aliphatic rings. The van der Waals surface area contributed by atoms with E-state index in [0.29, 0.717) is 14.2 Å². The van der Waals surface area contributed by atoms with Crippen molar-refractivity contribution >= 4 is 51.7 Å². The van der Waals surface area contributed by atoms with Crippen LogP contribution in [0.15, 0.2) is 42.5 Å². The summed E-state index contributed by atoms with van der Waals surface area (Å²) in [5, 5.41) is 3.39. The average Bonchev–Trinajstić information content (AvgIpc) is 2.77. The molecule has 1 N–H and O–H groups in total. The molecule has 0 bridgehead atoms. The number of benzene rings is 2. The van der Waals surface area contributed by atoms with E-state index in [0.717, 1.165) is 49.1 Å². The monoisotopic (exact) mass is 588 g/mol. The Balaban J connectivity index is 2.13. The number of anilines is 1. The number of hydrogen-bond donors (Lipinski definition) is 1. The van der Waals surface area contributed by atoms with Crippen molar-refractivity contribution in [2.75, 3.05) is 4.90 Å². The lowest BCUT2D eigenvalue weighted by atomic mass is 9.94. The van der Waals surface area contributed by atoms with Gasteiger partial charge >= 0.3 is 12.1 Å². The number of terminal acetylenes is 1. The molecule has 4 nitrogen and oxygen atoms in total. The maximum absolute atomic E-state index is 13.5. The van der Waals surface area contributed by atoms with Crippen molar-refractivity contribution in [2.45, 2.75) is 50.4 Å². The predicted octanol–water partition coefficient (Wildman–Crippen LogP) is 6.12. The molecule has 2 amide bonds. The summed E-state index contributed by atoms with van der Waals surface area (Å²) in [5.74, 6) is 0.521. The standard InChI is InChI=1S/C24H21ClF3IN2O2/c1-2-21(32)31(18-10-6-7-15(13-18)24(26,27)28)22(19-12-11-16(25)14-20(19)29)23(33)30-17-8-4-3-5-9-17/h1,6-7,10-14,17,22H,3-5,8-9H2,(H,30,33). The molecule has 1 unspecified atom stereocenters. The topological polar surface area (TPSA) is 49.4 Å². The van der Waals surface area contributed by atoms with Crippen molar-refractivity contribution in [2.24, 2.45) is 0 Å². The number of hydrogen-bond acceptors (Lipinski definition) is 2. The van der Waals surface area contributed by atoms with Gasteiger partial charge in [-0.05, 0) is 77.2 Å². The zero-order valence-corrected chi connectivity index (χ0v) is 20.4. The molecule has 0 radical (unpaired) electrons. The van der Waals surface area contributed by atoms with E-state index >= 15 is 0 Å². The molecule has 0 heterocycles. The van der Waals surface area contributed by atoms with E-state index in [1.807, 2.05) is 28.5 Å². The Kier molecular flexibility index (Phi) is 8.29. The number of carbonyl (C=O) groups excluding carboxylic acids is 2. The van der Waals surface area contributed by atoms with Crippen molar-refractivity contribution in [1.82, 2.24) is 5.32 Å². The van der Waals surface area contributed by atoms with Crippen LogP contribution in [-0.4, -0.2) is 17.9 Å². The van der Waals surface area contributed by atoms with Crippen LogP contribution in [0.2, 0.25) is 5.02 Å². The first-order valence-electron chi connectivity index (χ1n) is 10.3. The molecular formula is C24H21ClF3IN2O2. The molecule has 174 valence electrons. The van der Waals surface area contributed by atoms with E-state index < -0.39 is 29.6 Å². The largest absolute Gasteiger partial charge is 0.416 e. The second-order valence-corrected chi connectivity index (χ2v) is 9.38. The van der Waals surface area contributed by atoms with Gasteiger partial charge in [0.1, 0.15) is 6.04 Å². The summed E-state index contributed by atoms with van der Waals surface area (Å²) in [7, 11) is 0. The molecule has 0 aliphatic heterocycles. The minimum Gasteiger partial charge on any atom is -0.351 e. The van der Waals surface area contributed by atoms with Crippen LogP contribution in [0, 0.1) is 15.9 Å². The van der Waals surface area contributed by atoms with Gasteiger partial charge in [-0.15, -0.1) is 6.42 Å². The SMILES string of the molecule is C#CC(=O)N(c1cccc(C(F)(F)F)c1)C(C(=O)NC1CCCCC1)c1ccc(Cl)cc1I. The van der Waals surface area contributed by atoms with Crippen molar-refractivity contribution in [1.29, 1.82) is 0 Å². The highest BCUT2D eigenvalue weighted by Gasteiger charge is 2.37. The van der Waals surface area contributed by atoms with Crippen LogP contribution in [0.3, 0.4) is 0 Å². The first-order valence-corrected chi connectivity index (χ1v) is 11.8. The number of amides is 2. The van der Waals surface area contributed by atoms with Crippen LogP contribution in [0.1, 0.15) is 49.3 Å². The van der Waals surface area contributed by atoms with Gasteiger partial charge < -0.3 is 5.32 Å². The summed E-state index contributed by atoms with van der Waals surface area (Å²) in [4.78, 5) is 27.3. The molecular weight excluding hydrogens is 568 g/mol. The molecule has 1 saturated carbocycles. The van der Waals surface area contributed by atoms with Crippen molar-refractivity contribution in [3.8, 4) is 12.3 Å². The Bertz CT molecular complexity index is 1080. The molecule has 0 spiro atoms. The fraction of sp³-hybridized carbons (Fsp3) is 0.333. The summed E-state index contributed by atoms with van der Waals surface area (Å²) in [5.41, 5.74) is -0.663. The average molecular weight is 589 g/mol. The van der Waals surface area contributed by atoms with Crippen LogP contribution in [-0.2, 0) is 15.8 Å². The van der Waals surface area contributed by atoms with Crippen molar-refractivity contribution in [3.05, 3.63) is 62.2 Å². The Morgan fingerprint density at radius 2 is 1.85 bits per heavy atom. The second kappa shape index (κ2) is 10.8. The van der Waals surface area contributed by atoms with Gasteiger partial charge in [0.2, 0.25) is 5.91 Å². The first-order chi connectivity index (χ1) is 15.6. The molecule has 2 aromatic carbocycles. The molecule has 1 fully saturated rings. The lowest BCUT2D eigenvalue weighted by molar-refractivity contribution is -0.137. The highest BCUT2D eigenvalue weighted by atomic mass is 127. The van der Waals surface area contributed by atoms with Gasteiger partial charge in [0, 0.05) is 20.3 Å². The Morgan fingerprint density at radius 3 is 2.45 bits per heavy atom. The molecule has 9 heteroatoms. The van der Waals surface area contributed by atoms with Gasteiger partial charge in [-0.2, -0.15) is 13.2 Å². The first kappa shape index (κ1) is 25.4. The van der Waals surface area contributed by atoms with E-state index in [-0.39, 0.29) is 11.7 Å². The van der Waals surface area contributed by atoms with Gasteiger partial charge in [0.25, 0.3) is 0 Å². The number of rotatable bonds is 5. The molecule has 2 aromatic rings. The van der Waals surface area contributed by atoms with Crippen LogP contribution < -0.4 is 10.2 Å². The van der Waals surface area contributed by atoms with Gasteiger partial charge in [0.05, 0.1) is 5.56 Å². The Hall–Kier alpha value is -2.25. The molecule has 0 saturated heterocycles. The van der Waals surface area contributed by atoms with Crippen LogP contribution >= 0.6 is 34.2 Å². The smallest absolute Gasteiger partial charge is 0.351 e. The van der Waals surface area contributed by atoms with Crippen LogP contribution in [0.4, 0.5) is 18.9 Å². The summed E-state index contributed by atoms with van der Waals surface area (Å²) in [6.45, 7) is 0. The molecule has 33 heavy (non-hydrogen) atoms. The van der Waals surface area contributed by atoms with Gasteiger partial charge in [0.15, 0.2) is 0 Å². The van der Waals surface area contributed by atoms with E-state index in [4.69, 9.17) is 18.0 Å². The number of halogens is 5. The number of alkyl halides is 3. The highest BCUT2D eigenvalue weighted by molar-refractivity contribution is 14.1. The maximum atomic E-state index is 13.5. The number of nitrogens with zero attached hydrogens (tertiary/aromatic N) is 1. The van der Waals surface area contributed by atoms with E-state index in [2.05, 4.69) is 5.32 Å². The molecule has 1 atom stereocenters. The maximum Gasteiger partial charge on any atom is 0.416 e. The minimum absolute atomic E-state index is 0.0805. The lowest BCUT2D eigenvalue weighted by Gasteiger charge is -2.33. The Morgan fingerprint density at radius 1 is 1.15 bits per heavy atom. The summed E-state index contributed by atoms with van der Waals surface area (Å²) < 4.78 is 40.7. The molecule has 3 rings (SSSR count). The summed E-state index contributed by atoms with van der Waals surface area (Å²) in [6, 6.07) is 7.62. The van der Waals surface area contributed by atoms with Crippen LogP contribution in [0.5, 0.6) is 0 Å². The fourth-order valence-electron chi connectivity index (χ4n) is 3.93. The van der Waals surface area contributed by atoms with Crippen LogP contribution in [0.25, 0.3) is 0 Å². The predicted molar refractivity (Wildman–Crippen MR) is 130 cm³/mol. The van der Waals surface area contributed by atoms with E-state index in [1.54, 1.807) is 18.2 Å². The van der Waals surface area contributed by atoms with Crippen molar-refractivity contribution < 1.29 is 22.8 Å². The summed E-state index contributed by atoms with van der Waals surface area (Å²) >= 11 is 8.05. The highest BCUT2D eigenvalue weighted by Crippen LogP contribution is 2.36. The normalized spacial score (nSPS) is 15.4. The number of nitrogens with one attached hydrogen (secondary N) is 1. The molecule has 0 aromatic heterocycles.